The van der Waals surface area contributed by atoms with E-state index >= 15 is 0 Å². The van der Waals surface area contributed by atoms with Gasteiger partial charge in [-0.05, 0) is 49.4 Å². The molecule has 0 radical (unpaired) electrons. The van der Waals surface area contributed by atoms with Gasteiger partial charge in [-0.3, -0.25) is 0 Å². The number of aryl methyl sites for hydroxylation is 1. The topological polar surface area (TPSA) is 64.3 Å². The first-order valence-electron chi connectivity index (χ1n) is 8.57. The minimum absolute atomic E-state index is 0.124. The second-order valence-electron chi connectivity index (χ2n) is 6.54. The Morgan fingerprint density at radius 1 is 1.20 bits per heavy atom. The molecule has 0 aliphatic carbocycles. The highest BCUT2D eigenvalue weighted by molar-refractivity contribution is 6.04. The highest BCUT2D eigenvalue weighted by Gasteiger charge is 2.21. The van der Waals surface area contributed by atoms with Gasteiger partial charge >= 0.3 is 5.97 Å². The molecule has 0 bridgehead atoms. The molecule has 1 aliphatic heterocycles. The van der Waals surface area contributed by atoms with Crippen LogP contribution >= 0.6 is 0 Å². The summed E-state index contributed by atoms with van der Waals surface area (Å²) in [6, 6.07) is 11.8. The predicted octanol–water partition coefficient (Wildman–Crippen LogP) is 4.41. The van der Waals surface area contributed by atoms with Crippen LogP contribution in [-0.4, -0.2) is 27.5 Å². The van der Waals surface area contributed by atoms with Crippen LogP contribution in [0.2, 0.25) is 0 Å². The van der Waals surface area contributed by atoms with Gasteiger partial charge in [0.2, 0.25) is 0 Å². The Morgan fingerprint density at radius 3 is 2.68 bits per heavy atom. The number of aromatic nitrogens is 2. The number of ether oxygens (including phenoxy) is 1. The Bertz CT molecular complexity index is 922. The lowest BCUT2D eigenvalue weighted by molar-refractivity contribution is -0.0366. The van der Waals surface area contributed by atoms with Gasteiger partial charge < -0.3 is 9.84 Å². The molecule has 1 aliphatic rings. The maximum Gasteiger partial charge on any atom is 0.336 e. The van der Waals surface area contributed by atoms with Crippen LogP contribution in [0.3, 0.4) is 0 Å². The molecule has 0 spiro atoms. The molecular formula is C20H20N2O3. The van der Waals surface area contributed by atoms with E-state index < -0.39 is 5.97 Å². The van der Waals surface area contributed by atoms with Crippen molar-refractivity contribution >= 4 is 16.9 Å². The number of nitrogens with zero attached hydrogens (tertiary/aromatic N) is 2. The summed E-state index contributed by atoms with van der Waals surface area (Å²) in [5.74, 6) is -0.942. The maximum absolute atomic E-state index is 11.8. The number of carbonyl (C=O) groups is 1. The molecule has 1 saturated heterocycles. The molecule has 4 rings (SSSR count). The number of fused-ring (bicyclic) bond motifs is 1. The number of carboxylic acids is 1. The fourth-order valence-electron chi connectivity index (χ4n) is 3.38. The van der Waals surface area contributed by atoms with Gasteiger partial charge in [0.15, 0.2) is 6.23 Å². The molecule has 1 fully saturated rings. The molecule has 25 heavy (non-hydrogen) atoms. The van der Waals surface area contributed by atoms with Crippen LogP contribution in [0.4, 0.5) is 0 Å². The van der Waals surface area contributed by atoms with Crippen molar-refractivity contribution in [3.05, 3.63) is 53.7 Å². The van der Waals surface area contributed by atoms with Crippen molar-refractivity contribution in [1.82, 2.24) is 9.78 Å². The largest absolute Gasteiger partial charge is 0.478 e. The van der Waals surface area contributed by atoms with Gasteiger partial charge in [0.1, 0.15) is 0 Å². The maximum atomic E-state index is 11.8. The summed E-state index contributed by atoms with van der Waals surface area (Å²) in [6.07, 6.45) is 4.56. The third-order valence-electron chi connectivity index (χ3n) is 4.76. The van der Waals surface area contributed by atoms with Crippen LogP contribution in [-0.2, 0) is 4.74 Å². The molecule has 1 aromatic heterocycles. The van der Waals surface area contributed by atoms with Crippen LogP contribution in [0.15, 0.2) is 42.6 Å². The van der Waals surface area contributed by atoms with Crippen molar-refractivity contribution in [1.29, 1.82) is 0 Å². The average Bonchev–Trinajstić information content (AvgIpc) is 3.06. The van der Waals surface area contributed by atoms with Crippen molar-refractivity contribution in [2.45, 2.75) is 32.4 Å². The van der Waals surface area contributed by atoms with Gasteiger partial charge in [-0.15, -0.1) is 0 Å². The Hall–Kier alpha value is -2.66. The number of rotatable bonds is 3. The lowest BCUT2D eigenvalue weighted by Gasteiger charge is -2.23. The first-order valence-corrected chi connectivity index (χ1v) is 8.57. The van der Waals surface area contributed by atoms with Gasteiger partial charge in [0, 0.05) is 12.0 Å². The lowest BCUT2D eigenvalue weighted by atomic mass is 9.99. The Balaban J connectivity index is 1.89. The fourth-order valence-corrected chi connectivity index (χ4v) is 3.38. The Morgan fingerprint density at radius 2 is 2.00 bits per heavy atom. The fraction of sp³-hybridized carbons (Fsp3) is 0.300. The zero-order chi connectivity index (χ0) is 17.4. The minimum atomic E-state index is -0.942. The summed E-state index contributed by atoms with van der Waals surface area (Å²) in [4.78, 5) is 11.8. The summed E-state index contributed by atoms with van der Waals surface area (Å²) >= 11 is 0. The van der Waals surface area contributed by atoms with E-state index in [2.05, 4.69) is 5.10 Å². The van der Waals surface area contributed by atoms with Gasteiger partial charge in [-0.1, -0.05) is 29.8 Å². The SMILES string of the molecule is Cc1ccc(-c2cc(C(=O)O)c3cnn(C4CCCCO4)c3c2)cc1. The standard InChI is InChI=1S/C20H20N2O3/c1-13-5-7-14(8-6-13)15-10-16(20(23)24)17-12-21-22(18(17)11-15)19-4-2-3-9-25-19/h5-8,10-12,19H,2-4,9H2,1H3,(H,23,24). The Kier molecular flexibility index (Phi) is 4.01. The Labute approximate surface area is 145 Å². The average molecular weight is 336 g/mol. The van der Waals surface area contributed by atoms with Gasteiger partial charge in [0.05, 0.1) is 17.3 Å². The highest BCUT2D eigenvalue weighted by Crippen LogP contribution is 2.32. The minimum Gasteiger partial charge on any atom is -0.478 e. The molecule has 0 saturated carbocycles. The van der Waals surface area contributed by atoms with E-state index in [9.17, 15) is 9.90 Å². The van der Waals surface area contributed by atoms with Crippen molar-refractivity contribution in [2.75, 3.05) is 6.61 Å². The third kappa shape index (κ3) is 2.91. The summed E-state index contributed by atoms with van der Waals surface area (Å²) in [5, 5.41) is 14.7. The molecule has 0 amide bonds. The molecule has 1 atom stereocenters. The summed E-state index contributed by atoms with van der Waals surface area (Å²) in [5.41, 5.74) is 4.12. The van der Waals surface area contributed by atoms with Gasteiger partial charge in [0.25, 0.3) is 0 Å². The van der Waals surface area contributed by atoms with E-state index in [1.54, 1.807) is 12.3 Å². The summed E-state index contributed by atoms with van der Waals surface area (Å²) < 4.78 is 7.68. The molecular weight excluding hydrogens is 316 g/mol. The number of hydrogen-bond donors (Lipinski definition) is 1. The third-order valence-corrected chi connectivity index (χ3v) is 4.76. The second-order valence-corrected chi connectivity index (χ2v) is 6.54. The highest BCUT2D eigenvalue weighted by atomic mass is 16.5. The van der Waals surface area contributed by atoms with Crippen LogP contribution in [0.5, 0.6) is 0 Å². The molecule has 128 valence electrons. The lowest BCUT2D eigenvalue weighted by Crippen LogP contribution is -2.19. The monoisotopic (exact) mass is 336 g/mol. The van der Waals surface area contributed by atoms with E-state index in [4.69, 9.17) is 4.74 Å². The van der Waals surface area contributed by atoms with E-state index in [1.807, 2.05) is 41.9 Å². The molecule has 2 heterocycles. The molecule has 1 unspecified atom stereocenters. The van der Waals surface area contributed by atoms with Crippen molar-refractivity contribution < 1.29 is 14.6 Å². The van der Waals surface area contributed by atoms with E-state index in [1.165, 1.54) is 5.56 Å². The van der Waals surface area contributed by atoms with Crippen molar-refractivity contribution in [3.63, 3.8) is 0 Å². The number of carboxylic acid groups (broad SMARTS) is 1. The first kappa shape index (κ1) is 15.8. The van der Waals surface area contributed by atoms with Crippen molar-refractivity contribution in [2.24, 2.45) is 0 Å². The van der Waals surface area contributed by atoms with Crippen LogP contribution in [0.25, 0.3) is 22.0 Å². The number of benzene rings is 2. The molecule has 2 aromatic carbocycles. The summed E-state index contributed by atoms with van der Waals surface area (Å²) in [6.45, 7) is 2.75. The van der Waals surface area contributed by atoms with E-state index in [0.717, 1.165) is 42.5 Å². The molecule has 1 N–H and O–H groups in total. The quantitative estimate of drug-likeness (QED) is 0.769. The predicted molar refractivity (Wildman–Crippen MR) is 95.7 cm³/mol. The summed E-state index contributed by atoms with van der Waals surface area (Å²) in [7, 11) is 0. The molecule has 5 nitrogen and oxygen atoms in total. The normalized spacial score (nSPS) is 17.7. The van der Waals surface area contributed by atoms with Crippen LogP contribution in [0, 0.1) is 6.92 Å². The van der Waals surface area contributed by atoms with E-state index in [0.29, 0.717) is 5.39 Å². The smallest absolute Gasteiger partial charge is 0.336 e. The van der Waals surface area contributed by atoms with Crippen molar-refractivity contribution in [3.8, 4) is 11.1 Å². The van der Waals surface area contributed by atoms with Gasteiger partial charge in [-0.25, -0.2) is 9.48 Å². The molecule has 5 heteroatoms. The zero-order valence-corrected chi connectivity index (χ0v) is 14.1. The van der Waals surface area contributed by atoms with Crippen LogP contribution in [0.1, 0.15) is 41.4 Å². The number of hydrogen-bond acceptors (Lipinski definition) is 3. The van der Waals surface area contributed by atoms with Crippen LogP contribution < -0.4 is 0 Å². The second kappa shape index (κ2) is 6.33. The first-order chi connectivity index (χ1) is 12.1. The number of aromatic carboxylic acids is 1. The molecule has 3 aromatic rings. The zero-order valence-electron chi connectivity index (χ0n) is 14.1. The van der Waals surface area contributed by atoms with Gasteiger partial charge in [-0.2, -0.15) is 5.10 Å². The van der Waals surface area contributed by atoms with E-state index in [-0.39, 0.29) is 11.8 Å².